The number of aromatic amines is 2. The molecule has 5 N–H and O–H groups in total. The molecular formula is C20H24ClN7O2. The van der Waals surface area contributed by atoms with Crippen LogP contribution in [0.5, 0.6) is 0 Å². The number of nitrogens with zero attached hydrogens (tertiary/aromatic N) is 3. The third kappa shape index (κ3) is 4.06. The number of imidazole rings is 1. The lowest BCUT2D eigenvalue weighted by atomic mass is 10.0. The standard InChI is InChI=1S/C20H24ClN7O2/c1-27(15-3-2-6-28(10-15)19(29)17-18(22)25-11-24-17)20(30)23-9-14-8-12-7-13(21)4-5-16(12)26-14/h4-5,7-8,11,15,26H,2-3,6,9-10,22H2,1H3,(H,23,30)(H,24,25)/t15-/m1/s1. The number of likely N-dealkylation sites (N-methyl/N-ethyl adjacent to an activating group) is 1. The van der Waals surface area contributed by atoms with Crippen molar-refractivity contribution in [2.45, 2.75) is 25.4 Å². The highest BCUT2D eigenvalue weighted by atomic mass is 35.5. The number of nitrogens with two attached hydrogens (primary N) is 1. The van der Waals surface area contributed by atoms with E-state index >= 15 is 0 Å². The van der Waals surface area contributed by atoms with Crippen LogP contribution in [-0.4, -0.2) is 62.9 Å². The minimum atomic E-state index is -0.194. The number of piperidine rings is 1. The fourth-order valence-corrected chi connectivity index (χ4v) is 3.99. The van der Waals surface area contributed by atoms with E-state index in [1.807, 2.05) is 24.3 Å². The van der Waals surface area contributed by atoms with Crippen LogP contribution in [-0.2, 0) is 6.54 Å². The number of nitrogens with one attached hydrogen (secondary N) is 3. The molecule has 3 heterocycles. The monoisotopic (exact) mass is 429 g/mol. The highest BCUT2D eigenvalue weighted by Crippen LogP contribution is 2.21. The third-order valence-corrected chi connectivity index (χ3v) is 5.74. The van der Waals surface area contributed by atoms with Gasteiger partial charge in [0.15, 0.2) is 5.82 Å². The number of aromatic nitrogens is 3. The van der Waals surface area contributed by atoms with E-state index in [1.54, 1.807) is 16.8 Å². The molecule has 1 atom stereocenters. The van der Waals surface area contributed by atoms with Crippen LogP contribution in [0.1, 0.15) is 29.0 Å². The predicted octanol–water partition coefficient (Wildman–Crippen LogP) is 2.57. The summed E-state index contributed by atoms with van der Waals surface area (Å²) in [6.45, 7) is 1.45. The predicted molar refractivity (Wildman–Crippen MR) is 115 cm³/mol. The van der Waals surface area contributed by atoms with Crippen LogP contribution in [0, 0.1) is 0 Å². The number of anilines is 1. The molecule has 1 fully saturated rings. The highest BCUT2D eigenvalue weighted by Gasteiger charge is 2.30. The average molecular weight is 430 g/mol. The van der Waals surface area contributed by atoms with E-state index in [0.29, 0.717) is 30.4 Å². The number of hydrogen-bond acceptors (Lipinski definition) is 4. The summed E-state index contributed by atoms with van der Waals surface area (Å²) in [7, 11) is 1.75. The molecule has 0 spiro atoms. The molecule has 0 aliphatic carbocycles. The van der Waals surface area contributed by atoms with E-state index in [9.17, 15) is 9.59 Å². The molecule has 0 radical (unpaired) electrons. The first-order chi connectivity index (χ1) is 14.4. The number of nitrogen functional groups attached to an aromatic ring is 1. The van der Waals surface area contributed by atoms with Crippen molar-refractivity contribution < 1.29 is 9.59 Å². The Morgan fingerprint density at radius 3 is 3.00 bits per heavy atom. The van der Waals surface area contributed by atoms with Gasteiger partial charge in [0.1, 0.15) is 5.69 Å². The molecule has 3 amide bonds. The van der Waals surface area contributed by atoms with E-state index < -0.39 is 0 Å². The Morgan fingerprint density at radius 1 is 1.40 bits per heavy atom. The zero-order valence-electron chi connectivity index (χ0n) is 16.6. The Labute approximate surface area is 178 Å². The topological polar surface area (TPSA) is 123 Å². The van der Waals surface area contributed by atoms with Crippen molar-refractivity contribution in [2.75, 3.05) is 25.9 Å². The molecule has 10 heteroatoms. The minimum Gasteiger partial charge on any atom is -0.382 e. The van der Waals surface area contributed by atoms with Crippen molar-refractivity contribution in [2.24, 2.45) is 0 Å². The van der Waals surface area contributed by atoms with Gasteiger partial charge in [-0.05, 0) is 37.1 Å². The Morgan fingerprint density at radius 2 is 2.23 bits per heavy atom. The summed E-state index contributed by atoms with van der Waals surface area (Å²) in [5, 5.41) is 4.61. The number of carbonyl (C=O) groups is 2. The summed E-state index contributed by atoms with van der Waals surface area (Å²) < 4.78 is 0. The smallest absolute Gasteiger partial charge is 0.317 e. The number of hydrogen-bond donors (Lipinski definition) is 4. The molecule has 30 heavy (non-hydrogen) atoms. The first kappa shape index (κ1) is 20.1. The molecular weight excluding hydrogens is 406 g/mol. The van der Waals surface area contributed by atoms with E-state index in [1.165, 1.54) is 6.33 Å². The van der Waals surface area contributed by atoms with Gasteiger partial charge in [0.25, 0.3) is 5.91 Å². The largest absolute Gasteiger partial charge is 0.382 e. The van der Waals surface area contributed by atoms with Gasteiger partial charge < -0.3 is 30.8 Å². The van der Waals surface area contributed by atoms with Gasteiger partial charge in [0.05, 0.1) is 18.9 Å². The minimum absolute atomic E-state index is 0.0756. The van der Waals surface area contributed by atoms with Crippen LogP contribution in [0.4, 0.5) is 10.6 Å². The van der Waals surface area contributed by atoms with Gasteiger partial charge in [-0.15, -0.1) is 0 Å². The van der Waals surface area contributed by atoms with Crippen LogP contribution in [0.3, 0.4) is 0 Å². The Hall–Kier alpha value is -3.20. The van der Waals surface area contributed by atoms with Crippen molar-refractivity contribution in [3.63, 3.8) is 0 Å². The van der Waals surface area contributed by atoms with Crippen molar-refractivity contribution in [1.29, 1.82) is 0 Å². The van der Waals surface area contributed by atoms with Crippen LogP contribution >= 0.6 is 11.6 Å². The first-order valence-corrected chi connectivity index (χ1v) is 10.2. The van der Waals surface area contributed by atoms with Crippen molar-refractivity contribution in [1.82, 2.24) is 30.1 Å². The Kier molecular flexibility index (Phi) is 5.54. The molecule has 0 saturated carbocycles. The molecule has 2 aromatic heterocycles. The number of benzene rings is 1. The lowest BCUT2D eigenvalue weighted by Gasteiger charge is -2.37. The van der Waals surface area contributed by atoms with Crippen LogP contribution in [0.25, 0.3) is 10.9 Å². The van der Waals surface area contributed by atoms with Crippen LogP contribution in [0.2, 0.25) is 5.02 Å². The van der Waals surface area contributed by atoms with Crippen molar-refractivity contribution in [3.8, 4) is 0 Å². The lowest BCUT2D eigenvalue weighted by molar-refractivity contribution is 0.0632. The maximum absolute atomic E-state index is 12.7. The van der Waals surface area contributed by atoms with E-state index in [4.69, 9.17) is 17.3 Å². The summed E-state index contributed by atoms with van der Waals surface area (Å²) in [6.07, 6.45) is 3.05. The number of likely N-dealkylation sites (tertiary alicyclic amines) is 1. The maximum Gasteiger partial charge on any atom is 0.317 e. The zero-order chi connectivity index (χ0) is 21.3. The van der Waals surface area contributed by atoms with E-state index in [-0.39, 0.29) is 23.8 Å². The maximum atomic E-state index is 12.7. The van der Waals surface area contributed by atoms with Gasteiger partial charge in [-0.25, -0.2) is 9.78 Å². The van der Waals surface area contributed by atoms with E-state index in [2.05, 4.69) is 20.3 Å². The molecule has 0 unspecified atom stereocenters. The number of carbonyl (C=O) groups excluding carboxylic acids is 2. The SMILES string of the molecule is CN(C(=O)NCc1cc2cc(Cl)ccc2[nH]1)[C@@H]1CCCN(C(=O)c2[nH]cnc2N)C1. The van der Waals surface area contributed by atoms with Gasteiger partial charge in [0, 0.05) is 41.8 Å². The first-order valence-electron chi connectivity index (χ1n) is 9.78. The fraction of sp³-hybridized carbons (Fsp3) is 0.350. The second-order valence-electron chi connectivity index (χ2n) is 7.51. The number of urea groups is 1. The summed E-state index contributed by atoms with van der Waals surface area (Å²) >= 11 is 6.03. The fourth-order valence-electron chi connectivity index (χ4n) is 3.81. The summed E-state index contributed by atoms with van der Waals surface area (Å²) in [5.74, 6) is -0.00640. The van der Waals surface area contributed by atoms with Gasteiger partial charge in [-0.3, -0.25) is 4.79 Å². The molecule has 1 saturated heterocycles. The molecule has 3 aromatic rings. The third-order valence-electron chi connectivity index (χ3n) is 5.50. The quantitative estimate of drug-likeness (QED) is 0.508. The van der Waals surface area contributed by atoms with Crippen molar-refractivity contribution in [3.05, 3.63) is 47.0 Å². The number of H-pyrrole nitrogens is 2. The second kappa shape index (κ2) is 8.27. The average Bonchev–Trinajstić information content (AvgIpc) is 3.36. The van der Waals surface area contributed by atoms with E-state index in [0.717, 1.165) is 29.4 Å². The normalized spacial score (nSPS) is 16.6. The van der Waals surface area contributed by atoms with Crippen LogP contribution in [0.15, 0.2) is 30.6 Å². The lowest BCUT2D eigenvalue weighted by Crippen LogP contribution is -2.52. The summed E-state index contributed by atoms with van der Waals surface area (Å²) in [6, 6.07) is 7.32. The van der Waals surface area contributed by atoms with Gasteiger partial charge in [-0.1, -0.05) is 11.6 Å². The number of amides is 3. The summed E-state index contributed by atoms with van der Waals surface area (Å²) in [5.41, 5.74) is 7.90. The molecule has 1 aliphatic rings. The van der Waals surface area contributed by atoms with Crippen molar-refractivity contribution >= 4 is 40.3 Å². The van der Waals surface area contributed by atoms with Gasteiger partial charge >= 0.3 is 6.03 Å². The Bertz CT molecular complexity index is 1080. The van der Waals surface area contributed by atoms with Gasteiger partial charge in [0.2, 0.25) is 0 Å². The number of halogens is 1. The Balaban J connectivity index is 1.35. The van der Waals surface area contributed by atoms with Gasteiger partial charge in [-0.2, -0.15) is 0 Å². The zero-order valence-corrected chi connectivity index (χ0v) is 17.4. The molecule has 0 bridgehead atoms. The summed E-state index contributed by atoms with van der Waals surface area (Å²) in [4.78, 5) is 38.7. The number of fused-ring (bicyclic) bond motifs is 1. The van der Waals surface area contributed by atoms with Crippen LogP contribution < -0.4 is 11.1 Å². The molecule has 4 rings (SSSR count). The number of rotatable bonds is 4. The second-order valence-corrected chi connectivity index (χ2v) is 7.94. The highest BCUT2D eigenvalue weighted by molar-refractivity contribution is 6.31. The molecule has 158 valence electrons. The molecule has 9 nitrogen and oxygen atoms in total. The molecule has 1 aromatic carbocycles. The molecule has 1 aliphatic heterocycles.